The number of hydrogen-bond acceptors (Lipinski definition) is 1. The van der Waals surface area contributed by atoms with Gasteiger partial charge in [0, 0.05) is 12.1 Å². The zero-order chi connectivity index (χ0) is 15.9. The summed E-state index contributed by atoms with van der Waals surface area (Å²) < 4.78 is 0. The van der Waals surface area contributed by atoms with Crippen molar-refractivity contribution in [3.8, 4) is 0 Å². The summed E-state index contributed by atoms with van der Waals surface area (Å²) in [6, 6.07) is 10.3. The standard InChI is InChI=1S/C21H27NO/c1-15(22-20(23)8-7-16-5-3-2-4-6-16)21-12-17-9-18(13-21)11-19(10-17)14-21/h2-8,15,17-19H,9-14H2,1H3,(H,22,23). The quantitative estimate of drug-likeness (QED) is 0.820. The van der Waals surface area contributed by atoms with Gasteiger partial charge >= 0.3 is 0 Å². The van der Waals surface area contributed by atoms with Gasteiger partial charge in [-0.05, 0) is 80.3 Å². The molecule has 2 heteroatoms. The molecule has 4 saturated carbocycles. The van der Waals surface area contributed by atoms with Crippen molar-refractivity contribution in [2.45, 2.75) is 51.5 Å². The van der Waals surface area contributed by atoms with Gasteiger partial charge in [0.1, 0.15) is 0 Å². The molecule has 23 heavy (non-hydrogen) atoms. The molecule has 0 saturated heterocycles. The maximum Gasteiger partial charge on any atom is 0.244 e. The number of carbonyl (C=O) groups is 1. The Morgan fingerprint density at radius 1 is 1.09 bits per heavy atom. The minimum Gasteiger partial charge on any atom is -0.350 e. The van der Waals surface area contributed by atoms with E-state index in [1.807, 2.05) is 36.4 Å². The van der Waals surface area contributed by atoms with Crippen molar-refractivity contribution in [1.82, 2.24) is 5.32 Å². The maximum absolute atomic E-state index is 12.3. The van der Waals surface area contributed by atoms with Crippen molar-refractivity contribution >= 4 is 12.0 Å². The van der Waals surface area contributed by atoms with Crippen molar-refractivity contribution in [3.05, 3.63) is 42.0 Å². The van der Waals surface area contributed by atoms with Crippen LogP contribution in [0.15, 0.2) is 36.4 Å². The largest absolute Gasteiger partial charge is 0.350 e. The maximum atomic E-state index is 12.3. The Morgan fingerprint density at radius 3 is 2.22 bits per heavy atom. The smallest absolute Gasteiger partial charge is 0.244 e. The molecule has 0 aliphatic heterocycles. The molecular weight excluding hydrogens is 282 g/mol. The summed E-state index contributed by atoms with van der Waals surface area (Å²) in [6.45, 7) is 2.24. The van der Waals surface area contributed by atoms with Gasteiger partial charge in [-0.1, -0.05) is 30.3 Å². The molecule has 1 N–H and O–H groups in total. The van der Waals surface area contributed by atoms with E-state index in [9.17, 15) is 4.79 Å². The van der Waals surface area contributed by atoms with Gasteiger partial charge in [0.05, 0.1) is 0 Å². The van der Waals surface area contributed by atoms with Gasteiger partial charge in [-0.3, -0.25) is 4.79 Å². The molecule has 1 atom stereocenters. The monoisotopic (exact) mass is 309 g/mol. The van der Waals surface area contributed by atoms with Gasteiger partial charge in [-0.25, -0.2) is 0 Å². The Balaban J connectivity index is 1.41. The Kier molecular flexibility index (Phi) is 3.79. The second kappa shape index (κ2) is 5.81. The Bertz CT molecular complexity index is 568. The van der Waals surface area contributed by atoms with E-state index in [1.165, 1.54) is 38.5 Å². The van der Waals surface area contributed by atoms with Crippen LogP contribution in [0.4, 0.5) is 0 Å². The normalized spacial score (nSPS) is 36.3. The molecule has 122 valence electrons. The molecule has 0 aromatic heterocycles. The molecule has 1 unspecified atom stereocenters. The molecule has 4 aliphatic carbocycles. The minimum atomic E-state index is 0.0529. The Hall–Kier alpha value is -1.57. The first-order valence-electron chi connectivity index (χ1n) is 9.17. The number of nitrogens with one attached hydrogen (secondary N) is 1. The lowest BCUT2D eigenvalue weighted by Crippen LogP contribution is -2.55. The minimum absolute atomic E-state index is 0.0529. The SMILES string of the molecule is CC(NC(=O)C=Cc1ccccc1)C12CC3CC(CC(C3)C1)C2. The summed E-state index contributed by atoms with van der Waals surface area (Å²) in [5, 5.41) is 3.28. The van der Waals surface area contributed by atoms with Crippen LogP contribution in [0.2, 0.25) is 0 Å². The van der Waals surface area contributed by atoms with Crippen LogP contribution in [0.25, 0.3) is 6.08 Å². The van der Waals surface area contributed by atoms with Gasteiger partial charge in [-0.2, -0.15) is 0 Å². The van der Waals surface area contributed by atoms with Crippen LogP contribution in [0.3, 0.4) is 0 Å². The topological polar surface area (TPSA) is 29.1 Å². The number of rotatable bonds is 4. The summed E-state index contributed by atoms with van der Waals surface area (Å²) in [6.07, 6.45) is 12.0. The fourth-order valence-corrected chi connectivity index (χ4v) is 5.86. The van der Waals surface area contributed by atoms with Gasteiger partial charge in [0.25, 0.3) is 0 Å². The van der Waals surface area contributed by atoms with E-state index in [4.69, 9.17) is 0 Å². The third kappa shape index (κ3) is 2.96. The van der Waals surface area contributed by atoms with E-state index >= 15 is 0 Å². The van der Waals surface area contributed by atoms with Crippen molar-refractivity contribution in [3.63, 3.8) is 0 Å². The lowest BCUT2D eigenvalue weighted by Gasteiger charge is -2.59. The highest BCUT2D eigenvalue weighted by molar-refractivity contribution is 5.91. The number of carbonyl (C=O) groups excluding carboxylic acids is 1. The summed E-state index contributed by atoms with van der Waals surface area (Å²) in [5.41, 5.74) is 1.45. The molecule has 0 radical (unpaired) electrons. The van der Waals surface area contributed by atoms with Crippen LogP contribution in [0, 0.1) is 23.2 Å². The summed E-state index contributed by atoms with van der Waals surface area (Å²) in [7, 11) is 0. The van der Waals surface area contributed by atoms with Crippen molar-refractivity contribution in [2.75, 3.05) is 0 Å². The second-order valence-electron chi connectivity index (χ2n) is 8.25. The van der Waals surface area contributed by atoms with Gasteiger partial charge in [0.2, 0.25) is 5.91 Å². The van der Waals surface area contributed by atoms with E-state index in [-0.39, 0.29) is 5.91 Å². The predicted octanol–water partition coefficient (Wildman–Crippen LogP) is 4.42. The van der Waals surface area contributed by atoms with Crippen LogP contribution in [-0.4, -0.2) is 11.9 Å². The van der Waals surface area contributed by atoms with Crippen LogP contribution < -0.4 is 5.32 Å². The van der Waals surface area contributed by atoms with Crippen molar-refractivity contribution < 1.29 is 4.79 Å². The third-order valence-electron chi connectivity index (χ3n) is 6.59. The molecule has 1 aromatic rings. The first-order chi connectivity index (χ1) is 11.1. The van der Waals surface area contributed by atoms with E-state index in [2.05, 4.69) is 12.2 Å². The molecule has 4 fully saturated rings. The fraction of sp³-hybridized carbons (Fsp3) is 0.571. The van der Waals surface area contributed by atoms with Crippen LogP contribution >= 0.6 is 0 Å². The molecule has 2 nitrogen and oxygen atoms in total. The Morgan fingerprint density at radius 2 is 1.65 bits per heavy atom. The highest BCUT2D eigenvalue weighted by Gasteiger charge is 2.53. The van der Waals surface area contributed by atoms with Crippen molar-refractivity contribution in [2.24, 2.45) is 23.2 Å². The molecule has 1 aromatic carbocycles. The van der Waals surface area contributed by atoms with Crippen LogP contribution in [0.5, 0.6) is 0 Å². The highest BCUT2D eigenvalue weighted by Crippen LogP contribution is 2.61. The van der Waals surface area contributed by atoms with Crippen LogP contribution in [-0.2, 0) is 4.79 Å². The number of amides is 1. The zero-order valence-corrected chi connectivity index (χ0v) is 14.0. The molecule has 0 spiro atoms. The van der Waals surface area contributed by atoms with Gasteiger partial charge in [-0.15, -0.1) is 0 Å². The summed E-state index contributed by atoms with van der Waals surface area (Å²) >= 11 is 0. The lowest BCUT2D eigenvalue weighted by atomic mass is 9.48. The second-order valence-corrected chi connectivity index (χ2v) is 8.25. The average Bonchev–Trinajstić information content (AvgIpc) is 2.52. The fourth-order valence-electron chi connectivity index (χ4n) is 5.86. The van der Waals surface area contributed by atoms with Gasteiger partial charge in [0.15, 0.2) is 0 Å². The number of hydrogen-bond donors (Lipinski definition) is 1. The van der Waals surface area contributed by atoms with E-state index < -0.39 is 0 Å². The highest BCUT2D eigenvalue weighted by atomic mass is 16.1. The summed E-state index contributed by atoms with van der Waals surface area (Å²) in [5.74, 6) is 2.85. The lowest BCUT2D eigenvalue weighted by molar-refractivity contribution is -0.121. The molecule has 0 heterocycles. The summed E-state index contributed by atoms with van der Waals surface area (Å²) in [4.78, 5) is 12.3. The zero-order valence-electron chi connectivity index (χ0n) is 14.0. The van der Waals surface area contributed by atoms with Crippen molar-refractivity contribution in [1.29, 1.82) is 0 Å². The average molecular weight is 309 g/mol. The third-order valence-corrected chi connectivity index (χ3v) is 6.59. The first-order valence-corrected chi connectivity index (χ1v) is 9.17. The molecule has 4 aliphatic rings. The first kappa shape index (κ1) is 15.0. The van der Waals surface area contributed by atoms with E-state index in [0.29, 0.717) is 11.5 Å². The Labute approximate surface area is 139 Å². The van der Waals surface area contributed by atoms with E-state index in [1.54, 1.807) is 6.08 Å². The predicted molar refractivity (Wildman–Crippen MR) is 93.7 cm³/mol. The molecule has 4 bridgehead atoms. The molecular formula is C21H27NO. The molecule has 1 amide bonds. The van der Waals surface area contributed by atoms with E-state index in [0.717, 1.165) is 23.3 Å². The van der Waals surface area contributed by atoms with Gasteiger partial charge < -0.3 is 5.32 Å². The molecule has 5 rings (SSSR count). The number of benzene rings is 1. The van der Waals surface area contributed by atoms with Crippen LogP contribution in [0.1, 0.15) is 51.0 Å².